The number of nitro benzene ring substituents is 1. The first kappa shape index (κ1) is 78.7. The number of nitrogens with one attached hydrogen (secondary N) is 2. The van der Waals surface area contributed by atoms with Gasteiger partial charge < -0.3 is 111 Å². The van der Waals surface area contributed by atoms with E-state index in [1.165, 1.54) is 31.2 Å². The summed E-state index contributed by atoms with van der Waals surface area (Å²) in [5.74, 6) is -1.61. The van der Waals surface area contributed by atoms with Crippen LogP contribution < -0.4 is 21.1 Å². The van der Waals surface area contributed by atoms with Crippen molar-refractivity contribution in [2.75, 3.05) is 230 Å². The van der Waals surface area contributed by atoms with Crippen LogP contribution in [0.15, 0.2) is 42.5 Å². The van der Waals surface area contributed by atoms with Crippen LogP contribution in [-0.4, -0.2) is 266 Å². The summed E-state index contributed by atoms with van der Waals surface area (Å²) < 4.78 is 109. The monoisotopic (exact) mass is 1260 g/mol. The predicted octanol–water partition coefficient (Wildman–Crippen LogP) is 3.33. The van der Waals surface area contributed by atoms with Gasteiger partial charge in [-0.1, -0.05) is 19.9 Å². The van der Waals surface area contributed by atoms with Crippen molar-refractivity contribution < 1.29 is 119 Å². The Bertz CT molecular complexity index is 2060. The van der Waals surface area contributed by atoms with Crippen molar-refractivity contribution in [2.45, 2.75) is 45.9 Å². The molecule has 0 saturated carbocycles. The Balaban J connectivity index is 1.39. The van der Waals surface area contributed by atoms with Gasteiger partial charge in [-0.3, -0.25) is 19.7 Å². The number of amides is 3. The number of primary amides is 1. The Morgan fingerprint density at radius 3 is 1.12 bits per heavy atom. The highest BCUT2D eigenvalue weighted by Crippen LogP contribution is 2.21. The van der Waals surface area contributed by atoms with Gasteiger partial charge in [0.05, 0.1) is 223 Å². The average Bonchev–Trinajstić information content (AvgIpc) is 3.70. The molecule has 0 heterocycles. The SMILES string of the molecule is COCCOCCOCCOCCOCCOCCOCCOCCOCCOCCOCCOCCOCCOCCOCCOCCOCCc1cc(NC(=O)[C@H](C)NC(=O)[C@@H](OC(N)=O)C(C)C)ccc1COC(=O)Oc1ccc([N+](=O)[O-])cc1. The van der Waals surface area contributed by atoms with Gasteiger partial charge in [-0.25, -0.2) is 9.59 Å². The number of nitrogens with two attached hydrogens (primary N) is 1. The minimum atomic E-state index is -1.20. The smallest absolute Gasteiger partial charge is 0.436 e. The fourth-order valence-electron chi connectivity index (χ4n) is 6.93. The van der Waals surface area contributed by atoms with Crippen LogP contribution >= 0.6 is 0 Å². The lowest BCUT2D eigenvalue weighted by Crippen LogP contribution is -2.49. The molecule has 2 atom stereocenters. The van der Waals surface area contributed by atoms with Gasteiger partial charge in [0.15, 0.2) is 6.10 Å². The van der Waals surface area contributed by atoms with Crippen LogP contribution in [0.2, 0.25) is 0 Å². The number of rotatable bonds is 61. The molecular weight excluding hydrogens is 1170 g/mol. The van der Waals surface area contributed by atoms with E-state index in [4.69, 9.17) is 100 Å². The number of carbonyl (C=O) groups is 4. The Morgan fingerprint density at radius 1 is 0.466 bits per heavy atom. The van der Waals surface area contributed by atoms with E-state index in [-0.39, 0.29) is 31.3 Å². The van der Waals surface area contributed by atoms with Crippen LogP contribution in [0.25, 0.3) is 0 Å². The number of methoxy groups -OCH3 is 1. The third-order valence-electron chi connectivity index (χ3n) is 11.5. The first-order valence-electron chi connectivity index (χ1n) is 29.4. The van der Waals surface area contributed by atoms with Gasteiger partial charge in [0.25, 0.3) is 11.6 Å². The molecule has 0 aromatic heterocycles. The van der Waals surface area contributed by atoms with Gasteiger partial charge in [0, 0.05) is 24.9 Å². The van der Waals surface area contributed by atoms with Gasteiger partial charge in [0.1, 0.15) is 18.4 Å². The Kier molecular flexibility index (Phi) is 49.8. The Hall–Kier alpha value is -5.36. The molecule has 0 radical (unpaired) electrons. The zero-order valence-electron chi connectivity index (χ0n) is 51.7. The van der Waals surface area contributed by atoms with Crippen molar-refractivity contribution in [1.29, 1.82) is 0 Å². The minimum absolute atomic E-state index is 0.0483. The van der Waals surface area contributed by atoms with E-state index in [1.54, 1.807) is 39.2 Å². The summed E-state index contributed by atoms with van der Waals surface area (Å²) in [6.45, 7) is 19.3. The van der Waals surface area contributed by atoms with E-state index in [1.807, 2.05) is 0 Å². The third kappa shape index (κ3) is 45.0. The van der Waals surface area contributed by atoms with Crippen molar-refractivity contribution in [2.24, 2.45) is 11.7 Å². The van der Waals surface area contributed by atoms with Crippen molar-refractivity contribution in [3.05, 3.63) is 63.7 Å². The van der Waals surface area contributed by atoms with Gasteiger partial charge in [-0.05, 0) is 54.7 Å². The number of ether oxygens (including phenoxy) is 20. The van der Waals surface area contributed by atoms with Gasteiger partial charge >= 0.3 is 12.2 Å². The second kappa shape index (κ2) is 55.7. The molecular formula is C58H96N4O26. The highest BCUT2D eigenvalue weighted by molar-refractivity contribution is 5.97. The molecule has 30 nitrogen and oxygen atoms in total. The molecule has 2 aromatic rings. The maximum atomic E-state index is 13.1. The molecule has 3 amide bonds. The van der Waals surface area contributed by atoms with Crippen molar-refractivity contribution in [3.8, 4) is 5.75 Å². The lowest BCUT2D eigenvalue weighted by atomic mass is 10.0. The van der Waals surface area contributed by atoms with Crippen molar-refractivity contribution in [3.63, 3.8) is 0 Å². The number of benzene rings is 2. The predicted molar refractivity (Wildman–Crippen MR) is 315 cm³/mol. The lowest BCUT2D eigenvalue weighted by Gasteiger charge is -2.22. The van der Waals surface area contributed by atoms with Crippen LogP contribution in [0.5, 0.6) is 5.75 Å². The van der Waals surface area contributed by atoms with E-state index in [9.17, 15) is 29.3 Å². The number of hydrogen-bond donors (Lipinski definition) is 3. The lowest BCUT2D eigenvalue weighted by molar-refractivity contribution is -0.384. The normalized spacial score (nSPS) is 12.1. The Labute approximate surface area is 515 Å². The minimum Gasteiger partial charge on any atom is -0.436 e. The number of nitrogens with zero attached hydrogens (tertiary/aromatic N) is 1. The van der Waals surface area contributed by atoms with Gasteiger partial charge in [-0.15, -0.1) is 0 Å². The molecule has 4 N–H and O–H groups in total. The summed E-state index contributed by atoms with van der Waals surface area (Å²) in [5, 5.41) is 16.2. The topological polar surface area (TPSA) is 346 Å². The van der Waals surface area contributed by atoms with E-state index in [0.717, 1.165) is 0 Å². The van der Waals surface area contributed by atoms with Crippen LogP contribution in [-0.2, 0) is 113 Å². The molecule has 2 aromatic carbocycles. The summed E-state index contributed by atoms with van der Waals surface area (Å²) in [6.07, 6.45) is -3.03. The molecule has 0 fully saturated rings. The quantitative estimate of drug-likeness (QED) is 0.0281. The third-order valence-corrected chi connectivity index (χ3v) is 11.5. The highest BCUT2D eigenvalue weighted by Gasteiger charge is 2.28. The van der Waals surface area contributed by atoms with E-state index >= 15 is 0 Å². The first-order valence-corrected chi connectivity index (χ1v) is 29.4. The fraction of sp³-hybridized carbons (Fsp3) is 0.724. The Morgan fingerprint density at radius 2 is 0.807 bits per heavy atom. The highest BCUT2D eigenvalue weighted by atomic mass is 16.7. The number of hydrogen-bond acceptors (Lipinski definition) is 26. The second-order valence-electron chi connectivity index (χ2n) is 18.7. The molecule has 0 spiro atoms. The molecule has 0 aliphatic heterocycles. The van der Waals surface area contributed by atoms with Gasteiger partial charge in [0.2, 0.25) is 5.91 Å². The van der Waals surface area contributed by atoms with Gasteiger partial charge in [-0.2, -0.15) is 0 Å². The molecule has 0 unspecified atom stereocenters. The van der Waals surface area contributed by atoms with Crippen molar-refractivity contribution in [1.82, 2.24) is 5.32 Å². The standard InChI is InChI=1S/C58H96N4O26/c1-47(2)54(88-57(59)65)56(64)60-48(3)55(63)61-51-6-5-50(46-86-58(66)87-53-9-7-52(8-10-53)62(67)68)49(45-51)11-12-70-15-16-72-19-20-74-23-24-76-27-28-78-31-32-80-35-36-82-39-40-84-43-44-85-42-41-83-38-37-81-34-33-79-30-29-77-26-25-75-22-21-73-18-17-71-14-13-69-4/h5-10,45,47-48,54H,11-44,46H2,1-4H3,(H2,59,65)(H,60,64)(H,61,63)/t48-,54-/m0/s1. The van der Waals surface area contributed by atoms with Crippen LogP contribution in [0, 0.1) is 16.0 Å². The van der Waals surface area contributed by atoms with E-state index in [0.29, 0.717) is 228 Å². The number of non-ortho nitro benzene ring substituents is 1. The first-order chi connectivity index (χ1) is 42.9. The maximum Gasteiger partial charge on any atom is 0.514 e. The molecule has 88 heavy (non-hydrogen) atoms. The summed E-state index contributed by atoms with van der Waals surface area (Å²) in [4.78, 5) is 60.1. The molecule has 2 rings (SSSR count). The summed E-state index contributed by atoms with van der Waals surface area (Å²) in [7, 11) is 1.64. The molecule has 0 saturated heterocycles. The van der Waals surface area contributed by atoms with Crippen LogP contribution in [0.4, 0.5) is 21.0 Å². The molecule has 0 aliphatic carbocycles. The number of anilines is 1. The summed E-state index contributed by atoms with van der Waals surface area (Å²) in [6, 6.07) is 8.79. The van der Waals surface area contributed by atoms with E-state index in [2.05, 4.69) is 10.6 Å². The van der Waals surface area contributed by atoms with E-state index < -0.39 is 47.0 Å². The number of nitro groups is 1. The molecule has 504 valence electrons. The maximum absolute atomic E-state index is 13.1. The largest absolute Gasteiger partial charge is 0.514 e. The summed E-state index contributed by atoms with van der Waals surface area (Å²) in [5.41, 5.74) is 6.54. The molecule has 30 heteroatoms. The molecule has 0 aliphatic rings. The zero-order chi connectivity index (χ0) is 63.8. The number of carbonyl (C=O) groups excluding carboxylic acids is 4. The van der Waals surface area contributed by atoms with Crippen LogP contribution in [0.1, 0.15) is 31.9 Å². The fourth-order valence-corrected chi connectivity index (χ4v) is 6.93. The van der Waals surface area contributed by atoms with Crippen LogP contribution in [0.3, 0.4) is 0 Å². The average molecular weight is 1270 g/mol. The second-order valence-corrected chi connectivity index (χ2v) is 18.7. The summed E-state index contributed by atoms with van der Waals surface area (Å²) >= 11 is 0. The van der Waals surface area contributed by atoms with Crippen molar-refractivity contribution >= 4 is 35.4 Å². The zero-order valence-corrected chi connectivity index (χ0v) is 51.7. The molecule has 0 bridgehead atoms.